The maximum Gasteiger partial charge on any atom is 0.187 e. The lowest BCUT2D eigenvalue weighted by Crippen LogP contribution is -2.67. The number of fused-ring (bicyclic) bond motifs is 5. The van der Waals surface area contributed by atoms with E-state index in [2.05, 4.69) is 61.5 Å². The van der Waals surface area contributed by atoms with E-state index in [1.165, 1.54) is 5.57 Å². The number of aliphatic hydroxyl groups is 6. The quantitative estimate of drug-likeness (QED) is 0.231. The third-order valence-corrected chi connectivity index (χ3v) is 14.6. The van der Waals surface area contributed by atoms with Gasteiger partial charge in [-0.2, -0.15) is 0 Å². The molecule has 8 nitrogen and oxygen atoms in total. The van der Waals surface area contributed by atoms with Gasteiger partial charge in [0.25, 0.3) is 0 Å². The Labute approximate surface area is 265 Å². The summed E-state index contributed by atoms with van der Waals surface area (Å²) < 4.78 is 12.6. The molecule has 5 rings (SSSR count). The molecule has 44 heavy (non-hydrogen) atoms. The highest BCUT2D eigenvalue weighted by Crippen LogP contribution is 2.76. The van der Waals surface area contributed by atoms with Gasteiger partial charge >= 0.3 is 0 Å². The number of hydrogen-bond acceptors (Lipinski definition) is 8. The van der Waals surface area contributed by atoms with Gasteiger partial charge in [0.2, 0.25) is 0 Å². The molecule has 1 aliphatic heterocycles. The molecule has 4 aliphatic carbocycles. The Morgan fingerprint density at radius 2 is 1.52 bits per heavy atom. The van der Waals surface area contributed by atoms with Crippen LogP contribution in [0.15, 0.2) is 11.6 Å². The summed E-state index contributed by atoms with van der Waals surface area (Å²) in [6.07, 6.45) is 2.60. The molecular formula is C36H62O8. The number of hydrogen-bond donors (Lipinski definition) is 6. The van der Waals surface area contributed by atoms with Gasteiger partial charge in [0.15, 0.2) is 6.29 Å². The highest BCUT2D eigenvalue weighted by Gasteiger charge is 2.71. The van der Waals surface area contributed by atoms with E-state index >= 15 is 0 Å². The smallest absolute Gasteiger partial charge is 0.187 e. The van der Waals surface area contributed by atoms with E-state index in [-0.39, 0.29) is 39.6 Å². The molecule has 0 spiro atoms. The van der Waals surface area contributed by atoms with Gasteiger partial charge in [0.1, 0.15) is 24.4 Å². The Bertz CT molecular complexity index is 1070. The van der Waals surface area contributed by atoms with Crippen molar-refractivity contribution in [2.45, 2.75) is 162 Å². The molecule has 0 aromatic rings. The second-order valence-electron chi connectivity index (χ2n) is 17.3. The Balaban J connectivity index is 1.49. The first kappa shape index (κ1) is 34.7. The van der Waals surface area contributed by atoms with Crippen LogP contribution < -0.4 is 0 Å². The molecular weight excluding hydrogens is 560 g/mol. The average molecular weight is 623 g/mol. The Morgan fingerprint density at radius 3 is 2.16 bits per heavy atom. The Kier molecular flexibility index (Phi) is 9.35. The minimum atomic E-state index is -1.50. The summed E-state index contributed by atoms with van der Waals surface area (Å²) in [7, 11) is 0. The lowest BCUT2D eigenvalue weighted by atomic mass is 9.35. The van der Waals surface area contributed by atoms with Gasteiger partial charge < -0.3 is 40.1 Å². The van der Waals surface area contributed by atoms with Gasteiger partial charge in [-0.05, 0) is 124 Å². The zero-order valence-electron chi connectivity index (χ0n) is 28.5. The van der Waals surface area contributed by atoms with Gasteiger partial charge in [0, 0.05) is 0 Å². The fourth-order valence-corrected chi connectivity index (χ4v) is 11.8. The summed E-state index contributed by atoms with van der Waals surface area (Å²) in [5.74, 6) is 0.713. The molecule has 1 heterocycles. The molecule has 254 valence electrons. The number of ether oxygens (including phenoxy) is 2. The first-order valence-corrected chi connectivity index (χ1v) is 17.3. The summed E-state index contributed by atoms with van der Waals surface area (Å²) in [6.45, 7) is 17.5. The zero-order valence-corrected chi connectivity index (χ0v) is 28.5. The first-order chi connectivity index (χ1) is 20.4. The van der Waals surface area contributed by atoms with Crippen LogP contribution >= 0.6 is 0 Å². The van der Waals surface area contributed by atoms with Crippen molar-refractivity contribution < 1.29 is 40.1 Å². The Morgan fingerprint density at radius 1 is 0.864 bits per heavy atom. The van der Waals surface area contributed by atoms with Crippen molar-refractivity contribution in [3.8, 4) is 0 Å². The van der Waals surface area contributed by atoms with Crippen LogP contribution in [0.25, 0.3) is 0 Å². The van der Waals surface area contributed by atoms with Crippen LogP contribution in [0.4, 0.5) is 0 Å². The molecule has 0 aromatic carbocycles. The molecule has 0 aromatic heterocycles. The molecule has 5 unspecified atom stereocenters. The topological polar surface area (TPSA) is 140 Å². The van der Waals surface area contributed by atoms with Crippen LogP contribution in [0.5, 0.6) is 0 Å². The second kappa shape index (κ2) is 11.8. The number of allylic oxidation sites excluding steroid dienone is 2. The third kappa shape index (κ3) is 5.17. The minimum Gasteiger partial charge on any atom is -0.394 e. The SMILES string of the molecule is CC(C)=CCC[C@](C)(O[C@@H]1OC(CO)[C@@H](O)[C@@H](O)C1O)[C@H]1CC[C@]2(C)C1[C@H](O)CC1[C@@]3(C)CC[C@H](O)C(C)(C)C3CC[C@]12C. The van der Waals surface area contributed by atoms with Gasteiger partial charge in [-0.3, -0.25) is 0 Å². The third-order valence-electron chi connectivity index (χ3n) is 14.6. The van der Waals surface area contributed by atoms with Crippen molar-refractivity contribution >= 4 is 0 Å². The predicted octanol–water partition coefficient (Wildman–Crippen LogP) is 4.32. The van der Waals surface area contributed by atoms with Gasteiger partial charge in [-0.25, -0.2) is 0 Å². The lowest BCUT2D eigenvalue weighted by molar-refractivity contribution is -0.336. The second-order valence-corrected chi connectivity index (χ2v) is 17.3. The van der Waals surface area contributed by atoms with E-state index in [0.29, 0.717) is 18.3 Å². The summed E-state index contributed by atoms with van der Waals surface area (Å²) in [6, 6.07) is 0. The van der Waals surface area contributed by atoms with Crippen molar-refractivity contribution in [1.29, 1.82) is 0 Å². The maximum absolute atomic E-state index is 12.2. The summed E-state index contributed by atoms with van der Waals surface area (Å²) in [4.78, 5) is 0. The largest absolute Gasteiger partial charge is 0.394 e. The normalized spacial score (nSPS) is 51.5. The molecule has 8 heteroatoms. The highest BCUT2D eigenvalue weighted by molar-refractivity contribution is 5.20. The van der Waals surface area contributed by atoms with E-state index in [4.69, 9.17) is 9.47 Å². The van der Waals surface area contributed by atoms with Crippen molar-refractivity contribution in [3.63, 3.8) is 0 Å². The van der Waals surface area contributed by atoms with Gasteiger partial charge in [0.05, 0.1) is 24.4 Å². The van der Waals surface area contributed by atoms with Gasteiger partial charge in [-0.15, -0.1) is 0 Å². The molecule has 0 bridgehead atoms. The van der Waals surface area contributed by atoms with Gasteiger partial charge in [-0.1, -0.05) is 46.3 Å². The van der Waals surface area contributed by atoms with E-state index in [9.17, 15) is 30.6 Å². The standard InChI is InChI=1S/C36H62O8/c1-20(2)10-9-14-36(8,44-31-30(42)29(41)28(40)23(19-37)43-31)21-11-16-35(7)27(21)22(38)18-25-33(5)15-13-26(39)32(3,4)24(33)12-17-34(25,35)6/h10,21-31,37-42H,9,11-19H2,1-8H3/t21-,22+,23?,24?,25?,26-,27?,28+,29+,30?,31-,33-,34+,35+,36-/m0/s1. The molecule has 6 N–H and O–H groups in total. The van der Waals surface area contributed by atoms with E-state index in [1.54, 1.807) is 0 Å². The monoisotopic (exact) mass is 622 g/mol. The minimum absolute atomic E-state index is 0.0131. The molecule has 0 amide bonds. The molecule has 5 aliphatic rings. The van der Waals surface area contributed by atoms with E-state index < -0.39 is 49.0 Å². The van der Waals surface area contributed by atoms with Crippen LogP contribution in [0.3, 0.4) is 0 Å². The van der Waals surface area contributed by atoms with Crippen molar-refractivity contribution in [2.75, 3.05) is 6.61 Å². The fraction of sp³-hybridized carbons (Fsp3) is 0.944. The number of rotatable bonds is 7. The van der Waals surface area contributed by atoms with Crippen LogP contribution in [0.2, 0.25) is 0 Å². The molecule has 5 fully saturated rings. The maximum atomic E-state index is 12.2. The Hall–Kier alpha value is -0.580. The fourth-order valence-electron chi connectivity index (χ4n) is 11.8. The zero-order chi connectivity index (χ0) is 32.6. The van der Waals surface area contributed by atoms with Crippen molar-refractivity contribution in [2.24, 2.45) is 45.3 Å². The lowest BCUT2D eigenvalue weighted by Gasteiger charge is -2.70. The first-order valence-electron chi connectivity index (χ1n) is 17.3. The molecule has 4 saturated carbocycles. The highest BCUT2D eigenvalue weighted by atomic mass is 16.7. The molecule has 1 saturated heterocycles. The van der Waals surface area contributed by atoms with Crippen molar-refractivity contribution in [1.82, 2.24) is 0 Å². The van der Waals surface area contributed by atoms with Crippen LogP contribution in [0.1, 0.15) is 113 Å². The predicted molar refractivity (Wildman–Crippen MR) is 168 cm³/mol. The van der Waals surface area contributed by atoms with Crippen LogP contribution in [-0.2, 0) is 9.47 Å². The molecule has 0 radical (unpaired) electrons. The number of aliphatic hydroxyl groups excluding tert-OH is 6. The summed E-state index contributed by atoms with van der Waals surface area (Å²) in [5, 5.41) is 65.0. The molecule has 15 atom stereocenters. The van der Waals surface area contributed by atoms with E-state index in [1.807, 2.05) is 0 Å². The summed E-state index contributed by atoms with van der Waals surface area (Å²) >= 11 is 0. The summed E-state index contributed by atoms with van der Waals surface area (Å²) in [5.41, 5.74) is 0.171. The van der Waals surface area contributed by atoms with Crippen molar-refractivity contribution in [3.05, 3.63) is 11.6 Å². The van der Waals surface area contributed by atoms with Crippen LogP contribution in [0, 0.1) is 45.3 Å². The average Bonchev–Trinajstić information content (AvgIpc) is 3.33. The van der Waals surface area contributed by atoms with Crippen LogP contribution in [-0.4, -0.2) is 85.8 Å². The van der Waals surface area contributed by atoms with E-state index in [0.717, 1.165) is 51.4 Å².